The van der Waals surface area contributed by atoms with E-state index in [1.54, 1.807) is 24.3 Å². The zero-order valence-corrected chi connectivity index (χ0v) is 13.8. The predicted molar refractivity (Wildman–Crippen MR) is 92.0 cm³/mol. The van der Waals surface area contributed by atoms with E-state index in [-0.39, 0.29) is 5.91 Å². The third-order valence-corrected chi connectivity index (χ3v) is 4.36. The van der Waals surface area contributed by atoms with Gasteiger partial charge in [0.15, 0.2) is 0 Å². The molecule has 23 heavy (non-hydrogen) atoms. The van der Waals surface area contributed by atoms with Crippen LogP contribution < -0.4 is 10.2 Å². The zero-order valence-electron chi connectivity index (χ0n) is 13.0. The fourth-order valence-electron chi connectivity index (χ4n) is 2.62. The van der Waals surface area contributed by atoms with Gasteiger partial charge in [-0.3, -0.25) is 4.79 Å². The van der Waals surface area contributed by atoms with Crippen molar-refractivity contribution in [1.29, 1.82) is 0 Å². The van der Waals surface area contributed by atoms with Gasteiger partial charge in [-0.15, -0.1) is 0 Å². The van der Waals surface area contributed by atoms with Crippen LogP contribution in [-0.4, -0.2) is 29.0 Å². The molecule has 0 radical (unpaired) electrons. The predicted octanol–water partition coefficient (Wildman–Crippen LogP) is 3.62. The molecule has 1 amide bonds. The highest BCUT2D eigenvalue weighted by Gasteiger charge is 2.17. The van der Waals surface area contributed by atoms with Gasteiger partial charge in [0.1, 0.15) is 18.0 Å². The first-order chi connectivity index (χ1) is 11.1. The Morgan fingerprint density at radius 3 is 2.61 bits per heavy atom. The first-order valence-electron chi connectivity index (χ1n) is 7.76. The lowest BCUT2D eigenvalue weighted by molar-refractivity contribution is 0.102. The molecule has 1 N–H and O–H groups in total. The molecule has 0 aliphatic carbocycles. The lowest BCUT2D eigenvalue weighted by Crippen LogP contribution is -2.33. The number of carbonyl (C=O) groups is 1. The Kier molecular flexibility index (Phi) is 4.76. The molecule has 5 nitrogen and oxygen atoms in total. The number of anilines is 2. The van der Waals surface area contributed by atoms with Crippen molar-refractivity contribution in [2.75, 3.05) is 23.3 Å². The molecule has 2 heterocycles. The quantitative estimate of drug-likeness (QED) is 0.933. The van der Waals surface area contributed by atoms with Gasteiger partial charge in [0.25, 0.3) is 5.91 Å². The number of carbonyl (C=O) groups excluding carboxylic acids is 1. The third kappa shape index (κ3) is 3.99. The Bertz CT molecular complexity index is 681. The Hall–Kier alpha value is -2.14. The molecule has 2 aromatic rings. The monoisotopic (exact) mass is 330 g/mol. The van der Waals surface area contributed by atoms with Crippen LogP contribution in [0.3, 0.4) is 0 Å². The second kappa shape index (κ2) is 6.96. The highest BCUT2D eigenvalue weighted by atomic mass is 35.5. The summed E-state index contributed by atoms with van der Waals surface area (Å²) < 4.78 is 0. The van der Waals surface area contributed by atoms with Crippen LogP contribution >= 0.6 is 11.6 Å². The normalized spacial score (nSPS) is 15.5. The summed E-state index contributed by atoms with van der Waals surface area (Å²) in [6.45, 7) is 4.25. The molecule has 3 rings (SSSR count). The molecule has 1 aromatic carbocycles. The van der Waals surface area contributed by atoms with Gasteiger partial charge in [0.2, 0.25) is 0 Å². The minimum atomic E-state index is -0.210. The van der Waals surface area contributed by atoms with E-state index in [4.69, 9.17) is 11.6 Å². The molecular weight excluding hydrogens is 312 g/mol. The number of benzene rings is 1. The van der Waals surface area contributed by atoms with E-state index in [0.717, 1.165) is 37.7 Å². The van der Waals surface area contributed by atoms with Crippen molar-refractivity contribution < 1.29 is 4.79 Å². The van der Waals surface area contributed by atoms with Crippen molar-refractivity contribution in [3.8, 4) is 0 Å². The average Bonchev–Trinajstić information content (AvgIpc) is 2.56. The van der Waals surface area contributed by atoms with E-state index in [1.165, 1.54) is 6.33 Å². The average molecular weight is 331 g/mol. The first-order valence-corrected chi connectivity index (χ1v) is 8.13. The molecule has 0 unspecified atom stereocenters. The summed E-state index contributed by atoms with van der Waals surface area (Å²) in [6.07, 6.45) is 3.82. The lowest BCUT2D eigenvalue weighted by Gasteiger charge is -2.31. The van der Waals surface area contributed by atoms with Gasteiger partial charge in [-0.1, -0.05) is 18.5 Å². The standard InChI is InChI=1S/C17H19ClN4O/c1-12-6-8-22(9-7-12)16-10-15(19-11-20-16)21-17(23)13-2-4-14(18)5-3-13/h2-5,10-12H,6-9H2,1H3,(H,19,20,21,23). The minimum Gasteiger partial charge on any atom is -0.356 e. The second-order valence-electron chi connectivity index (χ2n) is 5.89. The minimum absolute atomic E-state index is 0.210. The number of hydrogen-bond acceptors (Lipinski definition) is 4. The number of nitrogens with zero attached hydrogens (tertiary/aromatic N) is 3. The van der Waals surface area contributed by atoms with Crippen molar-refractivity contribution in [1.82, 2.24) is 9.97 Å². The molecule has 0 atom stereocenters. The van der Waals surface area contributed by atoms with Gasteiger partial charge in [-0.05, 0) is 43.0 Å². The van der Waals surface area contributed by atoms with Crippen LogP contribution in [0.1, 0.15) is 30.1 Å². The van der Waals surface area contributed by atoms with E-state index in [0.29, 0.717) is 16.4 Å². The number of amides is 1. The van der Waals surface area contributed by atoms with Crippen LogP contribution in [0.5, 0.6) is 0 Å². The lowest BCUT2D eigenvalue weighted by atomic mass is 9.99. The summed E-state index contributed by atoms with van der Waals surface area (Å²) in [7, 11) is 0. The summed E-state index contributed by atoms with van der Waals surface area (Å²) in [5.41, 5.74) is 0.543. The number of piperidine rings is 1. The molecule has 0 saturated carbocycles. The second-order valence-corrected chi connectivity index (χ2v) is 6.33. The Labute approximate surface area is 140 Å². The molecule has 1 aliphatic rings. The number of rotatable bonds is 3. The molecule has 120 valence electrons. The van der Waals surface area contributed by atoms with Crippen LogP contribution in [0.15, 0.2) is 36.7 Å². The fraction of sp³-hybridized carbons (Fsp3) is 0.353. The Morgan fingerprint density at radius 1 is 1.22 bits per heavy atom. The van der Waals surface area contributed by atoms with Crippen molar-refractivity contribution in [3.05, 3.63) is 47.2 Å². The Morgan fingerprint density at radius 2 is 1.91 bits per heavy atom. The van der Waals surface area contributed by atoms with Gasteiger partial charge in [0.05, 0.1) is 0 Å². The first kappa shape index (κ1) is 15.7. The SMILES string of the molecule is CC1CCN(c2cc(NC(=O)c3ccc(Cl)cc3)ncn2)CC1. The molecule has 1 aliphatic heterocycles. The van der Waals surface area contributed by atoms with Crippen LogP contribution in [0.25, 0.3) is 0 Å². The number of nitrogens with one attached hydrogen (secondary N) is 1. The number of halogens is 1. The molecule has 6 heteroatoms. The molecular formula is C17H19ClN4O. The van der Waals surface area contributed by atoms with Crippen molar-refractivity contribution in [3.63, 3.8) is 0 Å². The van der Waals surface area contributed by atoms with Gasteiger partial charge < -0.3 is 10.2 Å². The van der Waals surface area contributed by atoms with Crippen LogP contribution in [-0.2, 0) is 0 Å². The summed E-state index contributed by atoms with van der Waals surface area (Å²) in [6, 6.07) is 8.58. The topological polar surface area (TPSA) is 58.1 Å². The van der Waals surface area contributed by atoms with Gasteiger partial charge in [-0.25, -0.2) is 9.97 Å². The number of hydrogen-bond donors (Lipinski definition) is 1. The summed E-state index contributed by atoms with van der Waals surface area (Å²) in [5, 5.41) is 3.41. The van der Waals surface area contributed by atoms with E-state index in [1.807, 2.05) is 6.07 Å². The molecule has 1 fully saturated rings. The fourth-order valence-corrected chi connectivity index (χ4v) is 2.74. The molecule has 0 bridgehead atoms. The van der Waals surface area contributed by atoms with E-state index in [2.05, 4.69) is 27.1 Å². The van der Waals surface area contributed by atoms with Crippen LogP contribution in [0.2, 0.25) is 5.02 Å². The maximum Gasteiger partial charge on any atom is 0.256 e. The molecule has 1 saturated heterocycles. The maximum atomic E-state index is 12.2. The van der Waals surface area contributed by atoms with Crippen molar-refractivity contribution >= 4 is 29.1 Å². The third-order valence-electron chi connectivity index (χ3n) is 4.11. The highest BCUT2D eigenvalue weighted by Crippen LogP contribution is 2.22. The van der Waals surface area contributed by atoms with Crippen molar-refractivity contribution in [2.45, 2.75) is 19.8 Å². The van der Waals surface area contributed by atoms with Gasteiger partial charge in [0, 0.05) is 29.7 Å². The highest BCUT2D eigenvalue weighted by molar-refractivity contribution is 6.30. The van der Waals surface area contributed by atoms with E-state index >= 15 is 0 Å². The van der Waals surface area contributed by atoms with Crippen molar-refractivity contribution in [2.24, 2.45) is 5.92 Å². The zero-order chi connectivity index (χ0) is 16.2. The van der Waals surface area contributed by atoms with E-state index < -0.39 is 0 Å². The maximum absolute atomic E-state index is 12.2. The summed E-state index contributed by atoms with van der Waals surface area (Å²) in [4.78, 5) is 22.9. The Balaban J connectivity index is 1.70. The van der Waals surface area contributed by atoms with Crippen LogP contribution in [0, 0.1) is 5.92 Å². The smallest absolute Gasteiger partial charge is 0.256 e. The molecule has 0 spiro atoms. The van der Waals surface area contributed by atoms with E-state index in [9.17, 15) is 4.79 Å². The largest absolute Gasteiger partial charge is 0.356 e. The summed E-state index contributed by atoms with van der Waals surface area (Å²) >= 11 is 5.84. The summed E-state index contributed by atoms with van der Waals surface area (Å²) in [5.74, 6) is 1.92. The van der Waals surface area contributed by atoms with Gasteiger partial charge in [-0.2, -0.15) is 0 Å². The van der Waals surface area contributed by atoms with Crippen LogP contribution in [0.4, 0.5) is 11.6 Å². The number of aromatic nitrogens is 2. The molecule has 1 aromatic heterocycles. The van der Waals surface area contributed by atoms with Gasteiger partial charge >= 0.3 is 0 Å².